The molecule has 0 aromatic carbocycles. The Morgan fingerprint density at radius 3 is 2.79 bits per heavy atom. The molecule has 2 heterocycles. The van der Waals surface area contributed by atoms with Crippen molar-refractivity contribution in [1.29, 1.82) is 0 Å². The van der Waals surface area contributed by atoms with Crippen molar-refractivity contribution in [2.75, 3.05) is 19.7 Å². The minimum Gasteiger partial charge on any atom is -0.391 e. The summed E-state index contributed by atoms with van der Waals surface area (Å²) in [5.74, 6) is 0.0706. The molecule has 2 aliphatic heterocycles. The fourth-order valence-electron chi connectivity index (χ4n) is 2.08. The smallest absolute Gasteiger partial charge is 0.251 e. The maximum atomic E-state index is 11.8. The molecule has 2 fully saturated rings. The lowest BCUT2D eigenvalue weighted by atomic mass is 10.1. The zero-order valence-corrected chi connectivity index (χ0v) is 8.32. The fraction of sp³-hybridized carbons (Fsp3) is 0.900. The van der Waals surface area contributed by atoms with Gasteiger partial charge in [0.05, 0.1) is 6.10 Å². The molecule has 4 heteroatoms. The molecule has 2 saturated heterocycles. The first-order valence-corrected chi connectivity index (χ1v) is 5.36. The minimum atomic E-state index is -0.331. The number of nitrogens with zero attached hydrogens (tertiary/aromatic N) is 1. The zero-order valence-electron chi connectivity index (χ0n) is 8.32. The first kappa shape index (κ1) is 9.93. The minimum absolute atomic E-state index is 0.0706. The third-order valence-electron chi connectivity index (χ3n) is 2.93. The molecule has 1 amide bonds. The first-order chi connectivity index (χ1) is 6.77. The van der Waals surface area contributed by atoms with Crippen molar-refractivity contribution in [2.24, 2.45) is 0 Å². The van der Waals surface area contributed by atoms with E-state index in [0.29, 0.717) is 26.1 Å². The van der Waals surface area contributed by atoms with Crippen LogP contribution < -0.4 is 0 Å². The number of ether oxygens (including phenoxy) is 1. The third-order valence-corrected chi connectivity index (χ3v) is 2.93. The Labute approximate surface area is 83.8 Å². The second-order valence-corrected chi connectivity index (χ2v) is 4.08. The third kappa shape index (κ3) is 2.07. The lowest BCUT2D eigenvalue weighted by molar-refractivity contribution is -0.145. The number of rotatable bonds is 1. The molecule has 2 aliphatic rings. The molecule has 0 aromatic rings. The molecule has 80 valence electrons. The highest BCUT2D eigenvalue weighted by atomic mass is 16.5. The van der Waals surface area contributed by atoms with E-state index in [0.717, 1.165) is 19.3 Å². The van der Waals surface area contributed by atoms with E-state index in [1.165, 1.54) is 0 Å². The van der Waals surface area contributed by atoms with E-state index >= 15 is 0 Å². The van der Waals surface area contributed by atoms with E-state index < -0.39 is 0 Å². The predicted octanol–water partition coefficient (Wildman–Crippen LogP) is 0.149. The van der Waals surface area contributed by atoms with Gasteiger partial charge in [-0.3, -0.25) is 4.79 Å². The van der Waals surface area contributed by atoms with Gasteiger partial charge in [-0.1, -0.05) is 0 Å². The van der Waals surface area contributed by atoms with Gasteiger partial charge < -0.3 is 14.7 Å². The number of carbonyl (C=O) groups is 1. The highest BCUT2D eigenvalue weighted by molar-refractivity contribution is 5.81. The van der Waals surface area contributed by atoms with Crippen LogP contribution in [0.5, 0.6) is 0 Å². The monoisotopic (exact) mass is 199 g/mol. The number of likely N-dealkylation sites (tertiary alicyclic amines) is 1. The summed E-state index contributed by atoms with van der Waals surface area (Å²) in [6.07, 6.45) is 3.11. The highest BCUT2D eigenvalue weighted by Gasteiger charge is 2.31. The molecule has 0 spiro atoms. The van der Waals surface area contributed by atoms with Gasteiger partial charge in [0, 0.05) is 19.7 Å². The van der Waals surface area contributed by atoms with E-state index in [1.807, 2.05) is 0 Å². The van der Waals surface area contributed by atoms with Gasteiger partial charge in [0.25, 0.3) is 5.91 Å². The van der Waals surface area contributed by atoms with Crippen molar-refractivity contribution in [3.8, 4) is 0 Å². The molecule has 1 unspecified atom stereocenters. The van der Waals surface area contributed by atoms with Gasteiger partial charge >= 0.3 is 0 Å². The summed E-state index contributed by atoms with van der Waals surface area (Å²) in [5, 5.41) is 9.31. The SMILES string of the molecule is O=C(C1CCCCO1)N1CC[C@H](O)C1. The van der Waals surface area contributed by atoms with E-state index in [-0.39, 0.29) is 18.1 Å². The van der Waals surface area contributed by atoms with E-state index in [1.54, 1.807) is 4.90 Å². The summed E-state index contributed by atoms with van der Waals surface area (Å²) in [6.45, 7) is 1.87. The van der Waals surface area contributed by atoms with Crippen molar-refractivity contribution >= 4 is 5.91 Å². The summed E-state index contributed by atoms with van der Waals surface area (Å²) in [4.78, 5) is 13.6. The van der Waals surface area contributed by atoms with Crippen LogP contribution in [0.15, 0.2) is 0 Å². The number of carbonyl (C=O) groups excluding carboxylic acids is 1. The normalized spacial score (nSPS) is 33.4. The van der Waals surface area contributed by atoms with Gasteiger partial charge in [0.1, 0.15) is 6.10 Å². The molecule has 2 rings (SSSR count). The molecular weight excluding hydrogens is 182 g/mol. The van der Waals surface area contributed by atoms with Crippen molar-refractivity contribution in [2.45, 2.75) is 37.9 Å². The van der Waals surface area contributed by atoms with Crippen molar-refractivity contribution in [3.63, 3.8) is 0 Å². The predicted molar refractivity (Wildman–Crippen MR) is 50.8 cm³/mol. The van der Waals surface area contributed by atoms with E-state index in [4.69, 9.17) is 4.74 Å². The maximum absolute atomic E-state index is 11.8. The van der Waals surface area contributed by atoms with Crippen LogP contribution in [0.2, 0.25) is 0 Å². The van der Waals surface area contributed by atoms with Crippen LogP contribution in [0.4, 0.5) is 0 Å². The average Bonchev–Trinajstić information content (AvgIpc) is 2.65. The highest BCUT2D eigenvalue weighted by Crippen LogP contribution is 2.18. The molecule has 0 aromatic heterocycles. The first-order valence-electron chi connectivity index (χ1n) is 5.36. The summed E-state index contributed by atoms with van der Waals surface area (Å²) in [6, 6.07) is 0. The van der Waals surface area contributed by atoms with Crippen LogP contribution in [0.1, 0.15) is 25.7 Å². The number of aliphatic hydroxyl groups excluding tert-OH is 1. The fourth-order valence-corrected chi connectivity index (χ4v) is 2.08. The Balaban J connectivity index is 1.87. The molecular formula is C10H17NO3. The summed E-state index contributed by atoms with van der Waals surface area (Å²) < 4.78 is 5.41. The Kier molecular flexibility index (Phi) is 3.03. The standard InChI is InChI=1S/C10H17NO3/c12-8-4-5-11(7-8)10(13)9-3-1-2-6-14-9/h8-9,12H,1-7H2/t8-,9?/m0/s1. The molecule has 0 radical (unpaired) electrons. The van der Waals surface area contributed by atoms with Gasteiger partial charge in [0.15, 0.2) is 0 Å². The largest absolute Gasteiger partial charge is 0.391 e. The van der Waals surface area contributed by atoms with Crippen LogP contribution in [0.25, 0.3) is 0 Å². The summed E-state index contributed by atoms with van der Waals surface area (Å²) in [5.41, 5.74) is 0. The van der Waals surface area contributed by atoms with Crippen LogP contribution >= 0.6 is 0 Å². The Hall–Kier alpha value is -0.610. The Morgan fingerprint density at radius 2 is 2.21 bits per heavy atom. The van der Waals surface area contributed by atoms with Crippen LogP contribution in [-0.2, 0) is 9.53 Å². The molecule has 4 nitrogen and oxygen atoms in total. The lowest BCUT2D eigenvalue weighted by Crippen LogP contribution is -2.41. The van der Waals surface area contributed by atoms with Gasteiger partial charge in [-0.05, 0) is 25.7 Å². The topological polar surface area (TPSA) is 49.8 Å². The van der Waals surface area contributed by atoms with Crippen LogP contribution in [0.3, 0.4) is 0 Å². The maximum Gasteiger partial charge on any atom is 0.251 e. The van der Waals surface area contributed by atoms with Gasteiger partial charge in [-0.15, -0.1) is 0 Å². The lowest BCUT2D eigenvalue weighted by Gasteiger charge is -2.26. The number of amides is 1. The average molecular weight is 199 g/mol. The Bertz CT molecular complexity index is 207. The number of β-amino-alcohol motifs (C(OH)–C–C–N with tert-alkyl or cyclic N) is 1. The van der Waals surface area contributed by atoms with Crippen molar-refractivity contribution in [1.82, 2.24) is 4.90 Å². The van der Waals surface area contributed by atoms with Crippen molar-refractivity contribution in [3.05, 3.63) is 0 Å². The van der Waals surface area contributed by atoms with E-state index in [2.05, 4.69) is 0 Å². The second-order valence-electron chi connectivity index (χ2n) is 4.08. The van der Waals surface area contributed by atoms with Gasteiger partial charge in [-0.2, -0.15) is 0 Å². The van der Waals surface area contributed by atoms with E-state index in [9.17, 15) is 9.90 Å². The van der Waals surface area contributed by atoms with Crippen LogP contribution in [-0.4, -0.2) is 47.8 Å². The molecule has 1 N–H and O–H groups in total. The molecule has 14 heavy (non-hydrogen) atoms. The van der Waals surface area contributed by atoms with Gasteiger partial charge in [0.2, 0.25) is 0 Å². The second kappa shape index (κ2) is 4.28. The van der Waals surface area contributed by atoms with Crippen LogP contribution in [0, 0.1) is 0 Å². The quantitative estimate of drug-likeness (QED) is 0.654. The number of hydrogen-bond acceptors (Lipinski definition) is 3. The molecule has 0 saturated carbocycles. The molecule has 0 bridgehead atoms. The zero-order chi connectivity index (χ0) is 9.97. The molecule has 2 atom stereocenters. The van der Waals surface area contributed by atoms with Gasteiger partial charge in [-0.25, -0.2) is 0 Å². The number of hydrogen-bond donors (Lipinski definition) is 1. The van der Waals surface area contributed by atoms with Crippen molar-refractivity contribution < 1.29 is 14.6 Å². The summed E-state index contributed by atoms with van der Waals surface area (Å²) >= 11 is 0. The Morgan fingerprint density at radius 1 is 1.36 bits per heavy atom. The number of aliphatic hydroxyl groups is 1. The molecule has 0 aliphatic carbocycles. The summed E-state index contributed by atoms with van der Waals surface area (Å²) in [7, 11) is 0.